The maximum Gasteiger partial charge on any atom is 0.272 e. The summed E-state index contributed by atoms with van der Waals surface area (Å²) in [5, 5.41) is 7.33. The lowest BCUT2D eigenvalue weighted by atomic mass is 10.2. The number of anilines is 1. The van der Waals surface area contributed by atoms with Gasteiger partial charge in [-0.25, -0.2) is 14.1 Å². The molecule has 1 N–H and O–H groups in total. The number of amides is 1. The molecule has 0 bridgehead atoms. The number of nitrogens with one attached hydrogen (secondary N) is 1. The molecular weight excluding hydrogens is 371 g/mol. The van der Waals surface area contributed by atoms with Crippen LogP contribution in [-0.2, 0) is 0 Å². The normalized spacial score (nSPS) is 16.4. The summed E-state index contributed by atoms with van der Waals surface area (Å²) in [6.45, 7) is 1.51. The van der Waals surface area contributed by atoms with Gasteiger partial charge in [0.15, 0.2) is 11.5 Å². The molecule has 0 radical (unpaired) electrons. The van der Waals surface area contributed by atoms with Crippen LogP contribution in [0.1, 0.15) is 16.9 Å². The summed E-state index contributed by atoms with van der Waals surface area (Å²) >= 11 is 0. The van der Waals surface area contributed by atoms with E-state index in [4.69, 9.17) is 0 Å². The first-order valence-electron chi connectivity index (χ1n) is 9.46. The van der Waals surface area contributed by atoms with Crippen LogP contribution in [0.5, 0.6) is 0 Å². The predicted molar refractivity (Wildman–Crippen MR) is 107 cm³/mol. The summed E-state index contributed by atoms with van der Waals surface area (Å²) in [5.74, 6) is 0.340. The largest absolute Gasteiger partial charge is 0.353 e. The van der Waals surface area contributed by atoms with Crippen molar-refractivity contribution in [3.05, 3.63) is 78.8 Å². The molecule has 5 rings (SSSR count). The minimum atomic E-state index is -0.346. The van der Waals surface area contributed by atoms with E-state index >= 15 is 0 Å². The molecule has 146 valence electrons. The second-order valence-corrected chi connectivity index (χ2v) is 7.08. The third-order valence-electron chi connectivity index (χ3n) is 5.15. The minimum Gasteiger partial charge on any atom is -0.353 e. The molecule has 3 aromatic heterocycles. The summed E-state index contributed by atoms with van der Waals surface area (Å²) in [6, 6.07) is 11.8. The van der Waals surface area contributed by atoms with Crippen molar-refractivity contribution >= 4 is 17.2 Å². The van der Waals surface area contributed by atoms with E-state index in [1.165, 1.54) is 16.8 Å². The van der Waals surface area contributed by atoms with Gasteiger partial charge in [-0.15, -0.1) is 0 Å². The molecule has 4 heterocycles. The fourth-order valence-electron chi connectivity index (χ4n) is 3.74. The van der Waals surface area contributed by atoms with Crippen molar-refractivity contribution in [2.45, 2.75) is 12.5 Å². The Morgan fingerprint density at radius 3 is 2.97 bits per heavy atom. The van der Waals surface area contributed by atoms with Crippen LogP contribution in [0.15, 0.2) is 67.3 Å². The minimum absolute atomic E-state index is 0.0128. The van der Waals surface area contributed by atoms with Gasteiger partial charge < -0.3 is 14.6 Å². The number of hydrogen-bond acceptors (Lipinski definition) is 4. The zero-order valence-electron chi connectivity index (χ0n) is 15.6. The van der Waals surface area contributed by atoms with Crippen molar-refractivity contribution in [2.24, 2.45) is 0 Å². The molecule has 1 amide bonds. The number of halogens is 1. The molecule has 1 unspecified atom stereocenters. The Labute approximate surface area is 166 Å². The number of aromatic nitrogens is 4. The van der Waals surface area contributed by atoms with E-state index in [1.807, 2.05) is 28.9 Å². The van der Waals surface area contributed by atoms with E-state index in [2.05, 4.69) is 20.3 Å². The predicted octanol–water partition coefficient (Wildman–Crippen LogP) is 2.67. The highest BCUT2D eigenvalue weighted by Gasteiger charge is 2.27. The Morgan fingerprint density at radius 1 is 1.14 bits per heavy atom. The Morgan fingerprint density at radius 2 is 2.07 bits per heavy atom. The molecule has 1 aromatic carbocycles. The van der Waals surface area contributed by atoms with Gasteiger partial charge >= 0.3 is 0 Å². The molecule has 8 heteroatoms. The van der Waals surface area contributed by atoms with E-state index in [1.54, 1.807) is 30.6 Å². The van der Waals surface area contributed by atoms with Crippen molar-refractivity contribution in [3.63, 3.8) is 0 Å². The van der Waals surface area contributed by atoms with E-state index in [9.17, 15) is 9.18 Å². The highest BCUT2D eigenvalue weighted by atomic mass is 19.1. The molecule has 7 nitrogen and oxygen atoms in total. The van der Waals surface area contributed by atoms with E-state index in [0.29, 0.717) is 17.9 Å². The molecule has 29 heavy (non-hydrogen) atoms. The van der Waals surface area contributed by atoms with Gasteiger partial charge in [0.25, 0.3) is 5.91 Å². The molecule has 1 saturated heterocycles. The van der Waals surface area contributed by atoms with Gasteiger partial charge in [0.1, 0.15) is 5.82 Å². The van der Waals surface area contributed by atoms with Crippen LogP contribution in [0.4, 0.5) is 10.2 Å². The zero-order valence-corrected chi connectivity index (χ0v) is 15.6. The molecule has 0 spiro atoms. The summed E-state index contributed by atoms with van der Waals surface area (Å²) in [4.78, 5) is 19.3. The molecule has 1 atom stereocenters. The molecule has 1 aliphatic heterocycles. The van der Waals surface area contributed by atoms with Crippen molar-refractivity contribution in [1.29, 1.82) is 0 Å². The lowest BCUT2D eigenvalue weighted by Crippen LogP contribution is -2.37. The lowest BCUT2D eigenvalue weighted by molar-refractivity contribution is 0.0935. The van der Waals surface area contributed by atoms with Gasteiger partial charge in [-0.2, -0.15) is 5.10 Å². The highest BCUT2D eigenvalue weighted by molar-refractivity contribution is 5.92. The topological polar surface area (TPSA) is 67.5 Å². The van der Waals surface area contributed by atoms with Gasteiger partial charge in [0, 0.05) is 43.9 Å². The van der Waals surface area contributed by atoms with E-state index < -0.39 is 0 Å². The van der Waals surface area contributed by atoms with E-state index in [-0.39, 0.29) is 17.8 Å². The molecule has 1 fully saturated rings. The Balaban J connectivity index is 1.27. The van der Waals surface area contributed by atoms with Gasteiger partial charge in [-0.3, -0.25) is 4.79 Å². The number of nitrogens with zero attached hydrogens (tertiary/aromatic N) is 5. The third-order valence-corrected chi connectivity index (χ3v) is 5.15. The standard InChI is InChI=1S/C21H19FN6O/c22-15-3-1-4-17(13-15)28-11-7-18(25-28)21(29)24-16-6-10-27(14-16)20-19-5-2-9-26(19)12-8-23-20/h1-5,7-9,11-13,16H,6,10,14H2,(H,24,29). The van der Waals surface area contributed by atoms with Gasteiger partial charge in [0.05, 0.1) is 11.2 Å². The lowest BCUT2D eigenvalue weighted by Gasteiger charge is -2.18. The first-order chi connectivity index (χ1) is 14.2. The summed E-state index contributed by atoms with van der Waals surface area (Å²) < 4.78 is 16.9. The fraction of sp³-hybridized carbons (Fsp3) is 0.190. The van der Waals surface area contributed by atoms with Crippen molar-refractivity contribution in [2.75, 3.05) is 18.0 Å². The SMILES string of the molecule is O=C(NC1CCN(c2nccn3cccc23)C1)c1ccn(-c2cccc(F)c2)n1. The number of benzene rings is 1. The molecule has 0 saturated carbocycles. The Bertz CT molecular complexity index is 1180. The Hall–Kier alpha value is -3.68. The van der Waals surface area contributed by atoms with Crippen LogP contribution in [0, 0.1) is 5.82 Å². The maximum absolute atomic E-state index is 13.4. The Kier molecular flexibility index (Phi) is 4.23. The van der Waals surface area contributed by atoms with Gasteiger partial charge in [-0.1, -0.05) is 6.07 Å². The maximum atomic E-state index is 13.4. The second kappa shape index (κ2) is 7.05. The zero-order chi connectivity index (χ0) is 19.8. The van der Waals surface area contributed by atoms with Crippen LogP contribution in [-0.4, -0.2) is 44.2 Å². The van der Waals surface area contributed by atoms with Crippen LogP contribution >= 0.6 is 0 Å². The first kappa shape index (κ1) is 17.4. The molecule has 1 aliphatic rings. The average Bonchev–Trinajstić information content (AvgIpc) is 3.47. The number of fused-ring (bicyclic) bond motifs is 1. The van der Waals surface area contributed by atoms with Crippen molar-refractivity contribution in [3.8, 4) is 5.69 Å². The quantitative estimate of drug-likeness (QED) is 0.582. The summed E-state index contributed by atoms with van der Waals surface area (Å²) in [6.07, 6.45) is 8.18. The average molecular weight is 390 g/mol. The summed E-state index contributed by atoms with van der Waals surface area (Å²) in [7, 11) is 0. The number of carbonyl (C=O) groups is 1. The van der Waals surface area contributed by atoms with Crippen molar-refractivity contribution in [1.82, 2.24) is 24.5 Å². The summed E-state index contributed by atoms with van der Waals surface area (Å²) in [5.41, 5.74) is 1.93. The van der Waals surface area contributed by atoms with Crippen LogP contribution in [0.3, 0.4) is 0 Å². The third kappa shape index (κ3) is 3.33. The first-order valence-corrected chi connectivity index (χ1v) is 9.46. The smallest absolute Gasteiger partial charge is 0.272 e. The number of hydrogen-bond donors (Lipinski definition) is 1. The highest BCUT2D eigenvalue weighted by Crippen LogP contribution is 2.23. The fourth-order valence-corrected chi connectivity index (χ4v) is 3.74. The van der Waals surface area contributed by atoms with Gasteiger partial charge in [-0.05, 0) is 42.8 Å². The number of rotatable bonds is 4. The van der Waals surface area contributed by atoms with Crippen LogP contribution in [0.2, 0.25) is 0 Å². The number of carbonyl (C=O) groups excluding carboxylic acids is 1. The van der Waals surface area contributed by atoms with E-state index in [0.717, 1.165) is 24.3 Å². The van der Waals surface area contributed by atoms with Crippen molar-refractivity contribution < 1.29 is 9.18 Å². The molecule has 0 aliphatic carbocycles. The van der Waals surface area contributed by atoms with Gasteiger partial charge in [0.2, 0.25) is 0 Å². The van der Waals surface area contributed by atoms with Crippen LogP contribution in [0.25, 0.3) is 11.2 Å². The monoisotopic (exact) mass is 390 g/mol. The molecular formula is C21H19FN6O. The second-order valence-electron chi connectivity index (χ2n) is 7.08. The van der Waals surface area contributed by atoms with Crippen LogP contribution < -0.4 is 10.2 Å². The molecule has 4 aromatic rings.